The van der Waals surface area contributed by atoms with E-state index in [9.17, 15) is 9.18 Å². The molecule has 6 heteroatoms. The topological polar surface area (TPSA) is 62.2 Å². The van der Waals surface area contributed by atoms with E-state index in [4.69, 9.17) is 0 Å². The zero-order valence-electron chi connectivity index (χ0n) is 15.0. The normalized spacial score (nSPS) is 15.6. The standard InChI is InChI=1S/C21H19FN4O/c1-26-11-13-5-7-23-17-9-18(21(27)20(26)19(13)17)24-6-4-12-10-25-16-3-2-14(22)8-15(12)16/h2-3,8-11,24-25H,4-7H2,1H3. The second kappa shape index (κ2) is 5.94. The van der Waals surface area contributed by atoms with E-state index in [1.54, 1.807) is 12.1 Å². The van der Waals surface area contributed by atoms with Crippen LogP contribution in [-0.2, 0) is 19.9 Å². The Balaban J connectivity index is 1.37. The highest BCUT2D eigenvalue weighted by Crippen LogP contribution is 2.28. The van der Waals surface area contributed by atoms with Crippen LogP contribution in [0.1, 0.15) is 27.2 Å². The van der Waals surface area contributed by atoms with Crippen molar-refractivity contribution in [2.45, 2.75) is 12.8 Å². The number of aliphatic imine (C=N–C) groups is 1. The molecule has 0 saturated carbocycles. The summed E-state index contributed by atoms with van der Waals surface area (Å²) in [6.07, 6.45) is 7.37. The van der Waals surface area contributed by atoms with E-state index in [0.29, 0.717) is 24.4 Å². The number of benzene rings is 1. The maximum atomic E-state index is 13.5. The molecule has 1 aliphatic heterocycles. The van der Waals surface area contributed by atoms with Gasteiger partial charge in [0.1, 0.15) is 11.5 Å². The summed E-state index contributed by atoms with van der Waals surface area (Å²) >= 11 is 0. The number of Topliss-reactive ketones (excluding diaryl/α,β-unsaturated/α-hetero) is 1. The van der Waals surface area contributed by atoms with Gasteiger partial charge in [0, 0.05) is 49.0 Å². The minimum absolute atomic E-state index is 0.00423. The van der Waals surface area contributed by atoms with Crippen molar-refractivity contribution < 1.29 is 9.18 Å². The SMILES string of the molecule is Cn1cc2c3c1C(=O)C(NCCc1c[nH]c4ccc(F)cc14)=CC3=NCC2. The molecule has 136 valence electrons. The van der Waals surface area contributed by atoms with Gasteiger partial charge in [-0.05, 0) is 48.2 Å². The van der Waals surface area contributed by atoms with Crippen LogP contribution in [0, 0.1) is 5.82 Å². The van der Waals surface area contributed by atoms with Crippen LogP contribution in [-0.4, -0.2) is 34.1 Å². The maximum Gasteiger partial charge on any atom is 0.225 e. The summed E-state index contributed by atoms with van der Waals surface area (Å²) in [6.45, 7) is 1.34. The number of nitrogens with zero attached hydrogens (tertiary/aromatic N) is 2. The minimum Gasteiger partial charge on any atom is -0.381 e. The second-order valence-corrected chi connectivity index (χ2v) is 7.07. The van der Waals surface area contributed by atoms with Crippen molar-refractivity contribution in [3.8, 4) is 0 Å². The van der Waals surface area contributed by atoms with E-state index in [2.05, 4.69) is 15.3 Å². The molecule has 2 N–H and O–H groups in total. The van der Waals surface area contributed by atoms with Crippen LogP contribution in [0.4, 0.5) is 4.39 Å². The number of fused-ring (bicyclic) bond motifs is 1. The van der Waals surface area contributed by atoms with Gasteiger partial charge in [0.15, 0.2) is 0 Å². The number of halogens is 1. The predicted molar refractivity (Wildman–Crippen MR) is 103 cm³/mol. The molecule has 0 unspecified atom stereocenters. The summed E-state index contributed by atoms with van der Waals surface area (Å²) < 4.78 is 15.4. The van der Waals surface area contributed by atoms with Crippen molar-refractivity contribution >= 4 is 22.4 Å². The van der Waals surface area contributed by atoms with Crippen LogP contribution in [0.25, 0.3) is 10.9 Å². The summed E-state index contributed by atoms with van der Waals surface area (Å²) in [4.78, 5) is 20.7. The number of nitrogens with one attached hydrogen (secondary N) is 2. The zero-order chi connectivity index (χ0) is 18.5. The molecular formula is C21H19FN4O. The summed E-state index contributed by atoms with van der Waals surface area (Å²) in [5.74, 6) is -0.242. The van der Waals surface area contributed by atoms with E-state index >= 15 is 0 Å². The fourth-order valence-electron chi connectivity index (χ4n) is 4.08. The fourth-order valence-corrected chi connectivity index (χ4v) is 4.08. The largest absolute Gasteiger partial charge is 0.381 e. The number of allylic oxidation sites excluding steroid dienone is 2. The molecule has 0 fully saturated rings. The molecule has 27 heavy (non-hydrogen) atoms. The molecule has 2 aliphatic rings. The number of ketones is 1. The first-order valence-electron chi connectivity index (χ1n) is 9.10. The first-order valence-corrected chi connectivity index (χ1v) is 9.10. The third kappa shape index (κ3) is 2.51. The van der Waals surface area contributed by atoms with E-state index in [-0.39, 0.29) is 11.6 Å². The van der Waals surface area contributed by atoms with Gasteiger partial charge >= 0.3 is 0 Å². The Morgan fingerprint density at radius 1 is 1.37 bits per heavy atom. The Labute approximate surface area is 155 Å². The molecule has 2 aromatic heterocycles. The third-order valence-electron chi connectivity index (χ3n) is 5.36. The van der Waals surface area contributed by atoms with Gasteiger partial charge in [-0.15, -0.1) is 0 Å². The molecule has 3 aromatic rings. The van der Waals surface area contributed by atoms with Gasteiger partial charge in [-0.3, -0.25) is 9.79 Å². The zero-order valence-corrected chi connectivity index (χ0v) is 15.0. The van der Waals surface area contributed by atoms with Crippen molar-refractivity contribution in [1.29, 1.82) is 0 Å². The highest BCUT2D eigenvalue weighted by atomic mass is 19.1. The van der Waals surface area contributed by atoms with Crippen molar-refractivity contribution in [2.75, 3.05) is 13.1 Å². The Hall–Kier alpha value is -3.15. The average molecular weight is 362 g/mol. The summed E-state index contributed by atoms with van der Waals surface area (Å²) in [5.41, 5.74) is 6.30. The molecule has 1 aliphatic carbocycles. The number of hydrogen-bond acceptors (Lipinski definition) is 3. The molecule has 0 spiro atoms. The van der Waals surface area contributed by atoms with Crippen LogP contribution in [0.5, 0.6) is 0 Å². The minimum atomic E-state index is -0.246. The number of carbonyl (C=O) groups is 1. The average Bonchev–Trinajstić information content (AvgIpc) is 3.20. The van der Waals surface area contributed by atoms with Crippen molar-refractivity contribution in [3.05, 3.63) is 70.6 Å². The van der Waals surface area contributed by atoms with E-state index in [0.717, 1.165) is 40.7 Å². The van der Waals surface area contributed by atoms with Crippen LogP contribution in [0.15, 0.2) is 47.4 Å². The summed E-state index contributed by atoms with van der Waals surface area (Å²) in [7, 11) is 1.91. The van der Waals surface area contributed by atoms with Crippen molar-refractivity contribution in [2.24, 2.45) is 12.0 Å². The first-order chi connectivity index (χ1) is 13.1. The smallest absolute Gasteiger partial charge is 0.225 e. The Morgan fingerprint density at radius 3 is 3.15 bits per heavy atom. The van der Waals surface area contributed by atoms with E-state index in [1.165, 1.54) is 11.6 Å². The molecule has 3 heterocycles. The summed E-state index contributed by atoms with van der Waals surface area (Å²) in [5, 5.41) is 4.15. The highest BCUT2D eigenvalue weighted by molar-refractivity contribution is 6.26. The van der Waals surface area contributed by atoms with Gasteiger partial charge < -0.3 is 14.9 Å². The molecule has 0 amide bonds. The Kier molecular flexibility index (Phi) is 3.53. The van der Waals surface area contributed by atoms with Gasteiger partial charge in [-0.1, -0.05) is 0 Å². The lowest BCUT2D eigenvalue weighted by Crippen LogP contribution is -2.30. The molecule has 0 radical (unpaired) electrons. The third-order valence-corrected chi connectivity index (χ3v) is 5.36. The fraction of sp³-hybridized carbons (Fsp3) is 0.238. The van der Waals surface area contributed by atoms with Crippen molar-refractivity contribution in [1.82, 2.24) is 14.9 Å². The molecule has 0 saturated heterocycles. The molecule has 0 atom stereocenters. The van der Waals surface area contributed by atoms with Gasteiger partial charge in [0.25, 0.3) is 0 Å². The Morgan fingerprint density at radius 2 is 2.26 bits per heavy atom. The lowest BCUT2D eigenvalue weighted by atomic mass is 9.92. The lowest BCUT2D eigenvalue weighted by Gasteiger charge is -2.20. The number of aromatic amines is 1. The second-order valence-electron chi connectivity index (χ2n) is 7.07. The highest BCUT2D eigenvalue weighted by Gasteiger charge is 2.31. The number of H-pyrrole nitrogens is 1. The number of carbonyl (C=O) groups excluding carboxylic acids is 1. The molecule has 0 bridgehead atoms. The van der Waals surface area contributed by atoms with Gasteiger partial charge in [-0.2, -0.15) is 0 Å². The molecular weight excluding hydrogens is 343 g/mol. The molecule has 1 aromatic carbocycles. The monoisotopic (exact) mass is 362 g/mol. The van der Waals surface area contributed by atoms with Gasteiger partial charge in [0.05, 0.1) is 11.4 Å². The van der Waals surface area contributed by atoms with Crippen LogP contribution >= 0.6 is 0 Å². The number of hydrogen-bond donors (Lipinski definition) is 2. The molecule has 5 rings (SSSR count). The molecule has 5 nitrogen and oxygen atoms in total. The quantitative estimate of drug-likeness (QED) is 0.750. The van der Waals surface area contributed by atoms with Gasteiger partial charge in [0.2, 0.25) is 5.78 Å². The van der Waals surface area contributed by atoms with Gasteiger partial charge in [-0.25, -0.2) is 4.39 Å². The van der Waals surface area contributed by atoms with Crippen LogP contribution in [0.3, 0.4) is 0 Å². The first kappa shape index (κ1) is 16.1. The van der Waals surface area contributed by atoms with E-state index < -0.39 is 0 Å². The Bertz CT molecular complexity index is 1150. The number of rotatable bonds is 4. The van der Waals surface area contributed by atoms with Crippen molar-refractivity contribution in [3.63, 3.8) is 0 Å². The predicted octanol–water partition coefficient (Wildman–Crippen LogP) is 2.90. The number of aromatic nitrogens is 2. The lowest BCUT2D eigenvalue weighted by molar-refractivity contribution is 0.101. The van der Waals surface area contributed by atoms with Crippen LogP contribution < -0.4 is 5.32 Å². The van der Waals surface area contributed by atoms with Crippen LogP contribution in [0.2, 0.25) is 0 Å². The summed E-state index contributed by atoms with van der Waals surface area (Å²) in [6, 6.07) is 4.73. The number of aryl methyl sites for hydroxylation is 1. The maximum absolute atomic E-state index is 13.5. The van der Waals surface area contributed by atoms with E-state index in [1.807, 2.05) is 30.1 Å².